The number of halogens is 1. The number of benzene rings is 4. The number of sulfonamides is 1. The maximum Gasteiger partial charge on any atom is 0.273 e. The second-order valence-corrected chi connectivity index (χ2v) is 15.1. The van der Waals surface area contributed by atoms with Crippen LogP contribution < -0.4 is 19.1 Å². The topological polar surface area (TPSA) is 148 Å². The minimum atomic E-state index is -4.70. The molecule has 4 rings (SSSR count). The first-order valence-electron chi connectivity index (χ1n) is 15.9. The van der Waals surface area contributed by atoms with Crippen LogP contribution >= 0.6 is 11.6 Å². The zero-order chi connectivity index (χ0) is 37.5. The van der Waals surface area contributed by atoms with Crippen molar-refractivity contribution in [2.24, 2.45) is 0 Å². The molecule has 14 heteroatoms. The molecule has 0 aliphatic heterocycles. The number of methoxy groups -OCH3 is 2. The molecule has 0 heterocycles. The first kappa shape index (κ1) is 38.7. The summed E-state index contributed by atoms with van der Waals surface area (Å²) in [7, 11) is -1.86. The van der Waals surface area contributed by atoms with E-state index in [-0.39, 0.29) is 35.0 Å². The van der Waals surface area contributed by atoms with E-state index < -0.39 is 55.5 Å². The molecule has 0 radical (unpaired) electrons. The molecule has 0 bridgehead atoms. The molecule has 12 nitrogen and oxygen atoms in total. The average Bonchev–Trinajstić information content (AvgIpc) is 3.08. The quantitative estimate of drug-likeness (QED) is 0.117. The number of amides is 2. The zero-order valence-electron chi connectivity index (χ0n) is 29.3. The van der Waals surface area contributed by atoms with Gasteiger partial charge in [0.1, 0.15) is 24.1 Å². The highest BCUT2D eigenvalue weighted by molar-refractivity contribution is 7.92. The second-order valence-electron chi connectivity index (χ2n) is 12.9. The molecule has 0 spiro atoms. The van der Waals surface area contributed by atoms with Crippen LogP contribution in [0.5, 0.6) is 11.5 Å². The number of ether oxygens (including phenoxy) is 2. The molecular weight excluding hydrogens is 696 g/mol. The lowest BCUT2D eigenvalue weighted by molar-refractivity contribution is -0.385. The van der Waals surface area contributed by atoms with Gasteiger partial charge in [0, 0.05) is 35.2 Å². The smallest absolute Gasteiger partial charge is 0.273 e. The molecule has 270 valence electrons. The van der Waals surface area contributed by atoms with E-state index in [1.807, 2.05) is 51.1 Å². The molecule has 0 aliphatic carbocycles. The van der Waals surface area contributed by atoms with E-state index in [4.69, 9.17) is 21.1 Å². The fourth-order valence-electron chi connectivity index (χ4n) is 5.42. The lowest BCUT2D eigenvalue weighted by Gasteiger charge is -2.35. The van der Waals surface area contributed by atoms with Crippen LogP contribution in [0.1, 0.15) is 37.5 Å². The van der Waals surface area contributed by atoms with Crippen molar-refractivity contribution in [3.63, 3.8) is 0 Å². The van der Waals surface area contributed by atoms with Crippen molar-refractivity contribution < 1.29 is 32.4 Å². The molecule has 0 saturated heterocycles. The second kappa shape index (κ2) is 16.3. The summed E-state index contributed by atoms with van der Waals surface area (Å²) in [5.74, 6) is -0.600. The number of carbonyl (C=O) groups excluding carboxylic acids is 2. The van der Waals surface area contributed by atoms with Crippen LogP contribution in [0.25, 0.3) is 0 Å². The summed E-state index contributed by atoms with van der Waals surface area (Å²) in [6.07, 6.45) is 0.107. The van der Waals surface area contributed by atoms with Gasteiger partial charge in [0.2, 0.25) is 11.8 Å². The van der Waals surface area contributed by atoms with Gasteiger partial charge in [0.05, 0.1) is 29.7 Å². The summed E-state index contributed by atoms with van der Waals surface area (Å²) in [6.45, 7) is 6.03. The molecule has 0 fully saturated rings. The van der Waals surface area contributed by atoms with Crippen LogP contribution in [-0.4, -0.2) is 62.4 Å². The van der Waals surface area contributed by atoms with Gasteiger partial charge in [-0.15, -0.1) is 0 Å². The fraction of sp³-hybridized carbons (Fsp3) is 0.297. The van der Waals surface area contributed by atoms with Gasteiger partial charge in [-0.3, -0.25) is 24.0 Å². The van der Waals surface area contributed by atoms with Crippen LogP contribution in [0, 0.1) is 17.0 Å². The minimum Gasteiger partial charge on any atom is -0.497 e. The number of nitrogens with zero attached hydrogens (tertiary/aromatic N) is 3. The molecule has 0 aromatic heterocycles. The molecule has 0 unspecified atom stereocenters. The average molecular weight is 737 g/mol. The molecule has 4 aromatic carbocycles. The maximum absolute atomic E-state index is 14.8. The van der Waals surface area contributed by atoms with Crippen LogP contribution in [0.4, 0.5) is 11.4 Å². The zero-order valence-corrected chi connectivity index (χ0v) is 30.8. The van der Waals surface area contributed by atoms with Crippen molar-refractivity contribution in [1.82, 2.24) is 10.2 Å². The van der Waals surface area contributed by atoms with E-state index in [9.17, 15) is 28.1 Å². The summed E-state index contributed by atoms with van der Waals surface area (Å²) in [6, 6.07) is 22.8. The van der Waals surface area contributed by atoms with E-state index in [2.05, 4.69) is 5.32 Å². The Morgan fingerprint density at radius 1 is 0.922 bits per heavy atom. The van der Waals surface area contributed by atoms with Gasteiger partial charge in [0.15, 0.2) is 0 Å². The Hall–Kier alpha value is -5.14. The van der Waals surface area contributed by atoms with E-state index in [0.29, 0.717) is 11.3 Å². The number of carbonyl (C=O) groups is 2. The summed E-state index contributed by atoms with van der Waals surface area (Å²) in [5, 5.41) is 14.9. The van der Waals surface area contributed by atoms with Crippen molar-refractivity contribution in [3.8, 4) is 11.5 Å². The third-order valence-electron chi connectivity index (χ3n) is 7.91. The molecule has 1 N–H and O–H groups in total. The lowest BCUT2D eigenvalue weighted by atomic mass is 10.0. The predicted octanol–water partition coefficient (Wildman–Crippen LogP) is 6.32. The summed E-state index contributed by atoms with van der Waals surface area (Å²) in [5.41, 5.74) is 0.472. The van der Waals surface area contributed by atoms with Crippen molar-refractivity contribution in [1.29, 1.82) is 0 Å². The third-order valence-corrected chi connectivity index (χ3v) is 9.90. The summed E-state index contributed by atoms with van der Waals surface area (Å²) in [4.78, 5) is 41.0. The number of nitro groups is 1. The first-order valence-corrected chi connectivity index (χ1v) is 17.8. The van der Waals surface area contributed by atoms with E-state index >= 15 is 0 Å². The monoisotopic (exact) mass is 736 g/mol. The SMILES string of the molecule is COc1cccc(CN(C(=O)CN(c2cc(Cl)ccc2OC)S(=O)(=O)c2ccc(C)c([N+](=O)[O-])c2)[C@@H](Cc2ccccc2)C(=O)NC(C)(C)C)c1. The number of rotatable bonds is 14. The number of nitro benzene ring substituents is 1. The standard InChI is InChI=1S/C37H41ClN4O8S/c1-25-15-17-30(22-31(25)42(45)46)51(47,48)41(32-21-28(38)16-18-34(32)50-6)24-35(43)40(23-27-13-10-14-29(19-27)49-5)33(36(44)39-37(2,3)4)20-26-11-8-7-9-12-26/h7-19,21-22,33H,20,23-24H2,1-6H3,(H,39,44)/t33-/m0/s1. The Morgan fingerprint density at radius 2 is 1.61 bits per heavy atom. The molecule has 2 amide bonds. The molecule has 51 heavy (non-hydrogen) atoms. The number of nitrogens with one attached hydrogen (secondary N) is 1. The Kier molecular flexibility index (Phi) is 12.3. The molecule has 4 aromatic rings. The lowest BCUT2D eigenvalue weighted by Crippen LogP contribution is -2.56. The highest BCUT2D eigenvalue weighted by Crippen LogP contribution is 2.36. The normalized spacial score (nSPS) is 12.1. The van der Waals surface area contributed by atoms with Gasteiger partial charge in [-0.2, -0.15) is 0 Å². The molecule has 0 saturated carbocycles. The summed E-state index contributed by atoms with van der Waals surface area (Å²) >= 11 is 6.35. The third kappa shape index (κ3) is 9.77. The van der Waals surface area contributed by atoms with Gasteiger partial charge >= 0.3 is 0 Å². The van der Waals surface area contributed by atoms with E-state index in [0.717, 1.165) is 15.9 Å². The van der Waals surface area contributed by atoms with Crippen LogP contribution in [0.2, 0.25) is 5.02 Å². The first-order chi connectivity index (χ1) is 24.0. The fourth-order valence-corrected chi connectivity index (χ4v) is 7.02. The number of hydrogen-bond acceptors (Lipinski definition) is 8. The highest BCUT2D eigenvalue weighted by Gasteiger charge is 2.37. The molecule has 1 atom stereocenters. The van der Waals surface area contributed by atoms with Crippen LogP contribution in [-0.2, 0) is 32.6 Å². The van der Waals surface area contributed by atoms with Crippen molar-refractivity contribution in [2.75, 3.05) is 25.1 Å². The molecule has 0 aliphatic rings. The Bertz CT molecular complexity index is 2000. The largest absolute Gasteiger partial charge is 0.497 e. The van der Waals surface area contributed by atoms with Crippen LogP contribution in [0.15, 0.2) is 95.9 Å². The number of aryl methyl sites for hydroxylation is 1. The predicted molar refractivity (Wildman–Crippen MR) is 196 cm³/mol. The van der Waals surface area contributed by atoms with Crippen molar-refractivity contribution >= 4 is 44.8 Å². The number of hydrogen-bond donors (Lipinski definition) is 1. The van der Waals surface area contributed by atoms with Gasteiger partial charge in [-0.05, 0) is 75.2 Å². The van der Waals surface area contributed by atoms with Crippen molar-refractivity contribution in [3.05, 3.63) is 123 Å². The summed E-state index contributed by atoms with van der Waals surface area (Å²) < 4.78 is 40.7. The Labute approximate surface area is 303 Å². The Balaban J connectivity index is 1.92. The van der Waals surface area contributed by atoms with Gasteiger partial charge < -0.3 is 19.7 Å². The van der Waals surface area contributed by atoms with E-state index in [1.54, 1.807) is 24.3 Å². The molecular formula is C37H41ClN4O8S. The van der Waals surface area contributed by atoms with Crippen LogP contribution in [0.3, 0.4) is 0 Å². The van der Waals surface area contributed by atoms with Gasteiger partial charge in [-0.25, -0.2) is 8.42 Å². The Morgan fingerprint density at radius 3 is 2.24 bits per heavy atom. The van der Waals surface area contributed by atoms with Gasteiger partial charge in [0.25, 0.3) is 15.7 Å². The van der Waals surface area contributed by atoms with Crippen molar-refractivity contribution in [2.45, 2.75) is 57.1 Å². The van der Waals surface area contributed by atoms with E-state index in [1.165, 1.54) is 56.4 Å². The minimum absolute atomic E-state index is 0.0723. The highest BCUT2D eigenvalue weighted by atomic mass is 35.5. The maximum atomic E-state index is 14.8. The van der Waals surface area contributed by atoms with Gasteiger partial charge in [-0.1, -0.05) is 60.1 Å². The number of anilines is 1.